The highest BCUT2D eigenvalue weighted by Gasteiger charge is 2.23. The molecular weight excluding hydrogens is 229 g/mol. The molecular formula is C12H15ClFNO. The summed E-state index contributed by atoms with van der Waals surface area (Å²) in [6.45, 7) is 1.49. The molecule has 2 N–H and O–H groups in total. The summed E-state index contributed by atoms with van der Waals surface area (Å²) in [6, 6.07) is 4.27. The average molecular weight is 244 g/mol. The van der Waals surface area contributed by atoms with E-state index < -0.39 is 0 Å². The first-order valence-electron chi connectivity index (χ1n) is 5.47. The summed E-state index contributed by atoms with van der Waals surface area (Å²) >= 11 is 5.99. The Morgan fingerprint density at radius 2 is 2.06 bits per heavy atom. The van der Waals surface area contributed by atoms with Crippen LogP contribution < -0.4 is 5.73 Å². The van der Waals surface area contributed by atoms with Crippen molar-refractivity contribution >= 4 is 11.6 Å². The third-order valence-electron chi connectivity index (χ3n) is 3.10. The number of ether oxygens (including phenoxy) is 1. The SMILES string of the molecule is N[C@@H](c1ccc(F)cc1Cl)C1CCOCC1. The van der Waals surface area contributed by atoms with Gasteiger partial charge in [-0.2, -0.15) is 0 Å². The first-order chi connectivity index (χ1) is 7.68. The highest BCUT2D eigenvalue weighted by atomic mass is 35.5. The smallest absolute Gasteiger partial charge is 0.124 e. The van der Waals surface area contributed by atoms with Crippen LogP contribution in [0, 0.1) is 11.7 Å². The Bertz CT molecular complexity index is 366. The van der Waals surface area contributed by atoms with Crippen molar-refractivity contribution in [1.82, 2.24) is 0 Å². The van der Waals surface area contributed by atoms with Crippen LogP contribution >= 0.6 is 11.6 Å². The maximum atomic E-state index is 12.9. The molecule has 1 heterocycles. The van der Waals surface area contributed by atoms with Gasteiger partial charge in [-0.05, 0) is 36.5 Å². The van der Waals surface area contributed by atoms with E-state index >= 15 is 0 Å². The molecule has 1 fully saturated rings. The number of rotatable bonds is 2. The van der Waals surface area contributed by atoms with Gasteiger partial charge in [-0.25, -0.2) is 4.39 Å². The largest absolute Gasteiger partial charge is 0.381 e. The molecule has 0 saturated carbocycles. The number of hydrogen-bond donors (Lipinski definition) is 1. The van der Waals surface area contributed by atoms with Crippen LogP contribution in [0.4, 0.5) is 4.39 Å². The van der Waals surface area contributed by atoms with Gasteiger partial charge >= 0.3 is 0 Å². The molecule has 0 spiro atoms. The van der Waals surface area contributed by atoms with Crippen molar-refractivity contribution in [3.63, 3.8) is 0 Å². The van der Waals surface area contributed by atoms with Gasteiger partial charge in [0.25, 0.3) is 0 Å². The van der Waals surface area contributed by atoms with Crippen LogP contribution in [0.3, 0.4) is 0 Å². The molecule has 16 heavy (non-hydrogen) atoms. The van der Waals surface area contributed by atoms with Gasteiger partial charge in [0.05, 0.1) is 0 Å². The van der Waals surface area contributed by atoms with Crippen molar-refractivity contribution in [2.24, 2.45) is 11.7 Å². The second kappa shape index (κ2) is 5.13. The lowest BCUT2D eigenvalue weighted by molar-refractivity contribution is 0.0584. The molecule has 2 rings (SSSR count). The van der Waals surface area contributed by atoms with E-state index in [1.807, 2.05) is 0 Å². The maximum absolute atomic E-state index is 12.9. The van der Waals surface area contributed by atoms with E-state index in [2.05, 4.69) is 0 Å². The zero-order valence-electron chi connectivity index (χ0n) is 8.96. The number of halogens is 2. The minimum atomic E-state index is -0.326. The average Bonchev–Trinajstić information content (AvgIpc) is 2.29. The summed E-state index contributed by atoms with van der Waals surface area (Å²) < 4.78 is 18.2. The fourth-order valence-electron chi connectivity index (χ4n) is 2.10. The van der Waals surface area contributed by atoms with Gasteiger partial charge in [0.15, 0.2) is 0 Å². The van der Waals surface area contributed by atoms with Crippen molar-refractivity contribution in [3.05, 3.63) is 34.6 Å². The first kappa shape index (κ1) is 11.8. The maximum Gasteiger partial charge on any atom is 0.124 e. The molecule has 4 heteroatoms. The quantitative estimate of drug-likeness (QED) is 0.867. The van der Waals surface area contributed by atoms with Crippen LogP contribution in [-0.2, 0) is 4.74 Å². The summed E-state index contributed by atoms with van der Waals surface area (Å²) in [5.41, 5.74) is 6.99. The predicted octanol–water partition coefficient (Wildman–Crippen LogP) is 2.91. The minimum Gasteiger partial charge on any atom is -0.381 e. The lowest BCUT2D eigenvalue weighted by Gasteiger charge is -2.28. The molecule has 1 aromatic rings. The summed E-state index contributed by atoms with van der Waals surface area (Å²) in [5, 5.41) is 0.416. The summed E-state index contributed by atoms with van der Waals surface area (Å²) in [7, 11) is 0. The molecule has 2 nitrogen and oxygen atoms in total. The van der Waals surface area contributed by atoms with Gasteiger partial charge < -0.3 is 10.5 Å². The zero-order valence-corrected chi connectivity index (χ0v) is 9.71. The summed E-state index contributed by atoms with van der Waals surface area (Å²) in [6.07, 6.45) is 1.88. The van der Waals surface area contributed by atoms with Gasteiger partial charge in [-0.15, -0.1) is 0 Å². The third kappa shape index (κ3) is 2.54. The Kier molecular flexibility index (Phi) is 3.79. The first-order valence-corrected chi connectivity index (χ1v) is 5.84. The summed E-state index contributed by atoms with van der Waals surface area (Å²) in [5.74, 6) is 0.0460. The van der Waals surface area contributed by atoms with E-state index in [4.69, 9.17) is 22.1 Å². The van der Waals surface area contributed by atoms with E-state index in [1.54, 1.807) is 6.07 Å². The molecule has 0 aromatic heterocycles. The van der Waals surface area contributed by atoms with Gasteiger partial charge in [0.1, 0.15) is 5.82 Å². The molecule has 1 aromatic carbocycles. The molecule has 1 saturated heterocycles. The predicted molar refractivity (Wildman–Crippen MR) is 61.9 cm³/mol. The van der Waals surface area contributed by atoms with Crippen molar-refractivity contribution < 1.29 is 9.13 Å². The highest BCUT2D eigenvalue weighted by molar-refractivity contribution is 6.31. The van der Waals surface area contributed by atoms with E-state index in [0.29, 0.717) is 10.9 Å². The number of nitrogens with two attached hydrogens (primary N) is 1. The molecule has 1 atom stereocenters. The second-order valence-corrected chi connectivity index (χ2v) is 4.55. The monoisotopic (exact) mass is 243 g/mol. The normalized spacial score (nSPS) is 19.7. The number of hydrogen-bond acceptors (Lipinski definition) is 2. The molecule has 0 radical (unpaired) electrons. The van der Waals surface area contributed by atoms with E-state index in [0.717, 1.165) is 31.6 Å². The van der Waals surface area contributed by atoms with Crippen LogP contribution in [0.25, 0.3) is 0 Å². The van der Waals surface area contributed by atoms with Gasteiger partial charge in [-0.3, -0.25) is 0 Å². The van der Waals surface area contributed by atoms with Crippen LogP contribution in [-0.4, -0.2) is 13.2 Å². The van der Waals surface area contributed by atoms with E-state index in [-0.39, 0.29) is 11.9 Å². The fourth-order valence-corrected chi connectivity index (χ4v) is 2.39. The second-order valence-electron chi connectivity index (χ2n) is 4.14. The van der Waals surface area contributed by atoms with Gasteiger partial charge in [0.2, 0.25) is 0 Å². The lowest BCUT2D eigenvalue weighted by Crippen LogP contribution is -2.27. The Morgan fingerprint density at radius 3 is 2.69 bits per heavy atom. The molecule has 1 aliphatic heterocycles. The van der Waals surface area contributed by atoms with E-state index in [1.165, 1.54) is 12.1 Å². The van der Waals surface area contributed by atoms with Crippen molar-refractivity contribution in [3.8, 4) is 0 Å². The lowest BCUT2D eigenvalue weighted by atomic mass is 9.88. The van der Waals surface area contributed by atoms with Crippen molar-refractivity contribution in [2.75, 3.05) is 13.2 Å². The van der Waals surface area contributed by atoms with Crippen LogP contribution in [0.1, 0.15) is 24.4 Å². The molecule has 0 amide bonds. The zero-order chi connectivity index (χ0) is 11.5. The highest BCUT2D eigenvalue weighted by Crippen LogP contribution is 2.32. The Hall–Kier alpha value is -0.640. The molecule has 88 valence electrons. The van der Waals surface area contributed by atoms with Gasteiger partial charge in [-0.1, -0.05) is 17.7 Å². The molecule has 0 aliphatic carbocycles. The topological polar surface area (TPSA) is 35.2 Å². The Balaban J connectivity index is 2.15. The summed E-state index contributed by atoms with van der Waals surface area (Å²) in [4.78, 5) is 0. The molecule has 0 bridgehead atoms. The van der Waals surface area contributed by atoms with Crippen LogP contribution in [0.5, 0.6) is 0 Å². The standard InChI is InChI=1S/C12H15ClFNO/c13-11-7-9(14)1-2-10(11)12(15)8-3-5-16-6-4-8/h1-2,7-8,12H,3-6,15H2/t12-/m1/s1. The minimum absolute atomic E-state index is 0.128. The van der Waals surface area contributed by atoms with Gasteiger partial charge in [0, 0.05) is 24.3 Å². The van der Waals surface area contributed by atoms with E-state index in [9.17, 15) is 4.39 Å². The van der Waals surface area contributed by atoms with Crippen molar-refractivity contribution in [2.45, 2.75) is 18.9 Å². The Morgan fingerprint density at radius 1 is 1.38 bits per heavy atom. The van der Waals surface area contributed by atoms with Crippen LogP contribution in [0.2, 0.25) is 5.02 Å². The van der Waals surface area contributed by atoms with Crippen molar-refractivity contribution in [1.29, 1.82) is 0 Å². The fraction of sp³-hybridized carbons (Fsp3) is 0.500. The number of benzene rings is 1. The Labute approximate surface area is 99.5 Å². The molecule has 0 unspecified atom stereocenters. The molecule has 1 aliphatic rings. The van der Waals surface area contributed by atoms with Crippen LogP contribution in [0.15, 0.2) is 18.2 Å². The third-order valence-corrected chi connectivity index (χ3v) is 3.42.